The molecule has 1 saturated heterocycles. The standard InChI is InChI=1S/C9H19N2/c1-9(2,3)11-7-5-10(4)6-8-11/h4-8H2,1-3H3/q-1. The average Bonchev–Trinajstić information content (AvgIpc) is 1.86. The Morgan fingerprint density at radius 2 is 1.45 bits per heavy atom. The van der Waals surface area contributed by atoms with E-state index in [4.69, 9.17) is 0 Å². The van der Waals surface area contributed by atoms with Gasteiger partial charge in [-0.1, -0.05) is 0 Å². The lowest BCUT2D eigenvalue weighted by Gasteiger charge is -2.43. The predicted molar refractivity (Wildman–Crippen MR) is 48.3 cm³/mol. The molecule has 0 spiro atoms. The lowest BCUT2D eigenvalue weighted by molar-refractivity contribution is 0.0801. The smallest absolute Gasteiger partial charge is 0.0126 e. The van der Waals surface area contributed by atoms with E-state index in [2.05, 4.69) is 37.6 Å². The van der Waals surface area contributed by atoms with Crippen molar-refractivity contribution in [2.45, 2.75) is 26.3 Å². The summed E-state index contributed by atoms with van der Waals surface area (Å²) in [5.74, 6) is 0. The molecule has 0 aromatic rings. The molecule has 0 bridgehead atoms. The SMILES string of the molecule is [CH2-]N1CCN(C(C)(C)C)CC1. The summed E-state index contributed by atoms with van der Waals surface area (Å²) in [7, 11) is 3.92. The molecule has 1 fully saturated rings. The zero-order valence-corrected chi connectivity index (χ0v) is 7.93. The van der Waals surface area contributed by atoms with E-state index in [-0.39, 0.29) is 0 Å². The molecule has 66 valence electrons. The van der Waals surface area contributed by atoms with Crippen LogP contribution in [0.3, 0.4) is 0 Å². The number of piperazine rings is 1. The van der Waals surface area contributed by atoms with Crippen LogP contribution in [0.5, 0.6) is 0 Å². The zero-order valence-electron chi connectivity index (χ0n) is 7.93. The Balaban J connectivity index is 2.39. The van der Waals surface area contributed by atoms with Crippen molar-refractivity contribution < 1.29 is 0 Å². The second-order valence-electron chi connectivity index (χ2n) is 4.28. The fourth-order valence-electron chi connectivity index (χ4n) is 1.42. The van der Waals surface area contributed by atoms with E-state index in [0.717, 1.165) is 26.2 Å². The largest absolute Gasteiger partial charge is 0.457 e. The second-order valence-corrected chi connectivity index (χ2v) is 4.28. The first-order valence-electron chi connectivity index (χ1n) is 4.30. The predicted octanol–water partition coefficient (Wildman–Crippen LogP) is 1.19. The molecule has 11 heavy (non-hydrogen) atoms. The molecule has 0 aliphatic carbocycles. The normalized spacial score (nSPS) is 24.0. The van der Waals surface area contributed by atoms with Crippen LogP contribution < -0.4 is 0 Å². The Morgan fingerprint density at radius 3 is 1.82 bits per heavy atom. The molecule has 1 rings (SSSR count). The molecule has 0 aromatic carbocycles. The zero-order chi connectivity index (χ0) is 8.48. The number of hydrogen-bond donors (Lipinski definition) is 0. The summed E-state index contributed by atoms with van der Waals surface area (Å²) in [5, 5.41) is 0. The van der Waals surface area contributed by atoms with Gasteiger partial charge in [-0.3, -0.25) is 11.9 Å². The summed E-state index contributed by atoms with van der Waals surface area (Å²) in [4.78, 5) is 4.65. The highest BCUT2D eigenvalue weighted by atomic mass is 15.3. The van der Waals surface area contributed by atoms with E-state index in [0.29, 0.717) is 5.54 Å². The van der Waals surface area contributed by atoms with E-state index < -0.39 is 0 Å². The molecule has 1 heterocycles. The summed E-state index contributed by atoms with van der Waals surface area (Å²) in [5.41, 5.74) is 0.335. The Bertz CT molecular complexity index is 118. The van der Waals surface area contributed by atoms with Gasteiger partial charge in [0.15, 0.2) is 0 Å². The molecular formula is C9H19N2-. The fourth-order valence-corrected chi connectivity index (χ4v) is 1.42. The number of rotatable bonds is 0. The molecule has 1 aliphatic rings. The van der Waals surface area contributed by atoms with Gasteiger partial charge < -0.3 is 4.90 Å². The molecule has 0 saturated carbocycles. The van der Waals surface area contributed by atoms with Gasteiger partial charge in [-0.05, 0) is 33.9 Å². The molecule has 1 aliphatic heterocycles. The summed E-state index contributed by atoms with van der Waals surface area (Å²) in [6.45, 7) is 11.3. The van der Waals surface area contributed by atoms with Crippen LogP contribution in [-0.2, 0) is 0 Å². The lowest BCUT2D eigenvalue weighted by Crippen LogP contribution is -2.51. The topological polar surface area (TPSA) is 6.48 Å². The van der Waals surface area contributed by atoms with E-state index in [9.17, 15) is 0 Å². The second kappa shape index (κ2) is 3.11. The summed E-state index contributed by atoms with van der Waals surface area (Å²) in [6.07, 6.45) is 0. The van der Waals surface area contributed by atoms with Crippen molar-refractivity contribution in [3.63, 3.8) is 0 Å². The van der Waals surface area contributed by atoms with Crippen LogP contribution in [0.15, 0.2) is 0 Å². The van der Waals surface area contributed by atoms with E-state index in [1.54, 1.807) is 0 Å². The van der Waals surface area contributed by atoms with Crippen LogP contribution in [0.4, 0.5) is 0 Å². The first-order valence-corrected chi connectivity index (χ1v) is 4.30. The van der Waals surface area contributed by atoms with Gasteiger partial charge in [-0.2, -0.15) is 0 Å². The number of nitrogens with zero attached hydrogens (tertiary/aromatic N) is 2. The van der Waals surface area contributed by atoms with Crippen molar-refractivity contribution in [2.75, 3.05) is 26.2 Å². The Labute approximate surface area is 70.2 Å². The first kappa shape index (κ1) is 9.01. The average molecular weight is 155 g/mol. The van der Waals surface area contributed by atoms with Crippen LogP contribution in [0.2, 0.25) is 0 Å². The third-order valence-electron chi connectivity index (χ3n) is 2.32. The van der Waals surface area contributed by atoms with Gasteiger partial charge in [0, 0.05) is 18.6 Å². The molecule has 0 aromatic heterocycles. The van der Waals surface area contributed by atoms with Crippen molar-refractivity contribution in [2.24, 2.45) is 0 Å². The lowest BCUT2D eigenvalue weighted by atomic mass is 10.1. The maximum atomic E-state index is 3.92. The van der Waals surface area contributed by atoms with Crippen LogP contribution in [-0.4, -0.2) is 41.5 Å². The summed E-state index contributed by atoms with van der Waals surface area (Å²) < 4.78 is 0. The minimum Gasteiger partial charge on any atom is -0.457 e. The quantitative estimate of drug-likeness (QED) is 0.485. The van der Waals surface area contributed by atoms with E-state index in [1.807, 2.05) is 0 Å². The van der Waals surface area contributed by atoms with Gasteiger partial charge in [0.25, 0.3) is 0 Å². The third kappa shape index (κ3) is 2.46. The van der Waals surface area contributed by atoms with Gasteiger partial charge in [0.2, 0.25) is 0 Å². The van der Waals surface area contributed by atoms with Gasteiger partial charge in [-0.15, -0.1) is 0 Å². The highest BCUT2D eigenvalue weighted by Gasteiger charge is 2.22. The first-order chi connectivity index (χ1) is 5.00. The summed E-state index contributed by atoms with van der Waals surface area (Å²) in [6, 6.07) is 0. The van der Waals surface area contributed by atoms with E-state index in [1.165, 1.54) is 0 Å². The Kier molecular flexibility index (Phi) is 2.55. The van der Waals surface area contributed by atoms with Crippen molar-refractivity contribution in [1.82, 2.24) is 9.80 Å². The maximum Gasteiger partial charge on any atom is 0.0126 e. The van der Waals surface area contributed by atoms with Gasteiger partial charge in [0.05, 0.1) is 0 Å². The van der Waals surface area contributed by atoms with Crippen LogP contribution in [0.1, 0.15) is 20.8 Å². The van der Waals surface area contributed by atoms with Crippen LogP contribution >= 0.6 is 0 Å². The molecule has 0 unspecified atom stereocenters. The summed E-state index contributed by atoms with van der Waals surface area (Å²) >= 11 is 0. The minimum absolute atomic E-state index is 0.335. The monoisotopic (exact) mass is 155 g/mol. The van der Waals surface area contributed by atoms with Crippen LogP contribution in [0.25, 0.3) is 0 Å². The Hall–Kier alpha value is -0.0800. The maximum absolute atomic E-state index is 3.92. The minimum atomic E-state index is 0.335. The van der Waals surface area contributed by atoms with Gasteiger partial charge in [0.1, 0.15) is 0 Å². The van der Waals surface area contributed by atoms with Crippen LogP contribution in [0, 0.1) is 7.05 Å². The fraction of sp³-hybridized carbons (Fsp3) is 0.889. The van der Waals surface area contributed by atoms with E-state index >= 15 is 0 Å². The molecular weight excluding hydrogens is 136 g/mol. The molecule has 2 nitrogen and oxygen atoms in total. The van der Waals surface area contributed by atoms with Crippen molar-refractivity contribution >= 4 is 0 Å². The molecule has 0 radical (unpaired) electrons. The molecule has 0 amide bonds. The van der Waals surface area contributed by atoms with Gasteiger partial charge in [-0.25, -0.2) is 0 Å². The third-order valence-corrected chi connectivity index (χ3v) is 2.32. The molecule has 0 N–H and O–H groups in total. The van der Waals surface area contributed by atoms with Crippen molar-refractivity contribution in [3.05, 3.63) is 7.05 Å². The number of hydrogen-bond acceptors (Lipinski definition) is 2. The van der Waals surface area contributed by atoms with Gasteiger partial charge >= 0.3 is 0 Å². The van der Waals surface area contributed by atoms with Crippen molar-refractivity contribution in [1.29, 1.82) is 0 Å². The Morgan fingerprint density at radius 1 is 1.00 bits per heavy atom. The highest BCUT2D eigenvalue weighted by Crippen LogP contribution is 2.14. The molecule has 2 heteroatoms. The highest BCUT2D eigenvalue weighted by molar-refractivity contribution is 4.81. The molecule has 0 atom stereocenters. The van der Waals surface area contributed by atoms with Crippen molar-refractivity contribution in [3.8, 4) is 0 Å².